The first-order valence-corrected chi connectivity index (χ1v) is 5.66. The van der Waals surface area contributed by atoms with Gasteiger partial charge in [0.05, 0.1) is 12.5 Å². The Kier molecular flexibility index (Phi) is 7.86. The molecule has 0 aliphatic heterocycles. The third kappa shape index (κ3) is 7.76. The zero-order valence-electron chi connectivity index (χ0n) is 6.84. The Bertz CT molecular complexity index is 125. The molecule has 0 spiro atoms. The van der Waals surface area contributed by atoms with Crippen molar-refractivity contribution in [2.75, 3.05) is 19.1 Å². The van der Waals surface area contributed by atoms with Crippen molar-refractivity contribution in [3.05, 3.63) is 0 Å². The summed E-state index contributed by atoms with van der Waals surface area (Å²) < 4.78 is 15.9. The lowest BCUT2D eigenvalue weighted by atomic mass is 10.4. The highest BCUT2D eigenvalue weighted by atomic mass is 31.1. The number of carbonyl (C=O) groups is 1. The molecule has 0 fully saturated rings. The van der Waals surface area contributed by atoms with E-state index in [1.165, 1.54) is 0 Å². The molecule has 0 aromatic heterocycles. The number of carbonyl (C=O) groups excluding carboxylic acids is 1. The summed E-state index contributed by atoms with van der Waals surface area (Å²) in [5.41, 5.74) is 0. The maximum absolute atomic E-state index is 10.8. The van der Waals surface area contributed by atoms with Crippen LogP contribution in [0.4, 0.5) is 0 Å². The number of aldehydes is 1. The molecule has 1 atom stereocenters. The first kappa shape index (κ1) is 10.9. The highest BCUT2D eigenvalue weighted by Crippen LogP contribution is 2.17. The van der Waals surface area contributed by atoms with Gasteiger partial charge >= 0.3 is 0 Å². The minimum absolute atomic E-state index is 0.163. The SMILES string of the molecule is CCCCOC[PH](=O)CC=O. The number of rotatable bonds is 7. The third-order valence-electron chi connectivity index (χ3n) is 1.22. The predicted octanol–water partition coefficient (Wildman–Crippen LogP) is 1.52. The van der Waals surface area contributed by atoms with E-state index in [-0.39, 0.29) is 12.5 Å². The van der Waals surface area contributed by atoms with Crippen LogP contribution in [0.3, 0.4) is 0 Å². The highest BCUT2D eigenvalue weighted by Gasteiger charge is 1.96. The molecule has 0 saturated heterocycles. The van der Waals surface area contributed by atoms with Crippen LogP contribution in [0.15, 0.2) is 0 Å². The Morgan fingerprint density at radius 3 is 2.82 bits per heavy atom. The first-order valence-electron chi connectivity index (χ1n) is 3.84. The lowest BCUT2D eigenvalue weighted by Crippen LogP contribution is -1.94. The summed E-state index contributed by atoms with van der Waals surface area (Å²) >= 11 is 0. The van der Waals surface area contributed by atoms with Gasteiger partial charge in [0.15, 0.2) is 0 Å². The average molecular weight is 178 g/mol. The second-order valence-corrected chi connectivity index (χ2v) is 4.09. The summed E-state index contributed by atoms with van der Waals surface area (Å²) in [6.07, 6.45) is 3.19. The van der Waals surface area contributed by atoms with Crippen molar-refractivity contribution >= 4 is 14.1 Å². The van der Waals surface area contributed by atoms with E-state index in [2.05, 4.69) is 6.92 Å². The maximum Gasteiger partial charge on any atom is 0.127 e. The van der Waals surface area contributed by atoms with Crippen LogP contribution in [0.25, 0.3) is 0 Å². The van der Waals surface area contributed by atoms with Crippen LogP contribution in [0.5, 0.6) is 0 Å². The Labute approximate surface area is 67.9 Å². The van der Waals surface area contributed by atoms with Crippen molar-refractivity contribution in [3.8, 4) is 0 Å². The minimum Gasteiger partial charge on any atom is -0.374 e. The Morgan fingerprint density at radius 2 is 2.27 bits per heavy atom. The summed E-state index contributed by atoms with van der Waals surface area (Å²) in [5.74, 6) is 0. The second-order valence-electron chi connectivity index (χ2n) is 2.32. The molecule has 0 aliphatic carbocycles. The van der Waals surface area contributed by atoms with Crippen molar-refractivity contribution in [2.45, 2.75) is 19.8 Å². The summed E-state index contributed by atoms with van der Waals surface area (Å²) in [4.78, 5) is 9.87. The van der Waals surface area contributed by atoms with E-state index in [0.717, 1.165) is 12.8 Å². The van der Waals surface area contributed by atoms with E-state index in [9.17, 15) is 9.36 Å². The van der Waals surface area contributed by atoms with Crippen molar-refractivity contribution in [2.24, 2.45) is 0 Å². The molecule has 4 heteroatoms. The van der Waals surface area contributed by atoms with E-state index in [1.807, 2.05) is 0 Å². The molecule has 0 radical (unpaired) electrons. The fraction of sp³-hybridized carbons (Fsp3) is 0.857. The monoisotopic (exact) mass is 178 g/mol. The van der Waals surface area contributed by atoms with Crippen LogP contribution >= 0.6 is 7.80 Å². The van der Waals surface area contributed by atoms with Crippen LogP contribution in [-0.2, 0) is 14.1 Å². The van der Waals surface area contributed by atoms with Gasteiger partial charge in [0.1, 0.15) is 14.1 Å². The zero-order valence-corrected chi connectivity index (χ0v) is 7.84. The molecule has 0 saturated carbocycles. The van der Waals surface area contributed by atoms with E-state index in [1.54, 1.807) is 0 Å². The minimum atomic E-state index is -1.76. The van der Waals surface area contributed by atoms with Gasteiger partial charge in [-0.15, -0.1) is 0 Å². The topological polar surface area (TPSA) is 43.4 Å². The molecule has 0 aliphatic rings. The standard InChI is InChI=1S/C7H15O3P/c1-2-3-5-10-7-11(9)6-4-8/h4,11H,2-3,5-7H2,1H3. The van der Waals surface area contributed by atoms with Gasteiger partial charge in [0.2, 0.25) is 0 Å². The van der Waals surface area contributed by atoms with Gasteiger partial charge in [-0.1, -0.05) is 13.3 Å². The molecule has 0 rings (SSSR count). The molecule has 66 valence electrons. The predicted molar refractivity (Wildman–Crippen MR) is 45.7 cm³/mol. The first-order chi connectivity index (χ1) is 5.31. The van der Waals surface area contributed by atoms with E-state index >= 15 is 0 Å². The van der Waals surface area contributed by atoms with Crippen molar-refractivity contribution in [1.29, 1.82) is 0 Å². The smallest absolute Gasteiger partial charge is 0.127 e. The Balaban J connectivity index is 3.10. The van der Waals surface area contributed by atoms with Gasteiger partial charge in [-0.3, -0.25) is 0 Å². The Morgan fingerprint density at radius 1 is 1.55 bits per heavy atom. The molecule has 11 heavy (non-hydrogen) atoms. The van der Waals surface area contributed by atoms with E-state index in [0.29, 0.717) is 12.9 Å². The summed E-state index contributed by atoms with van der Waals surface area (Å²) in [5, 5.41) is 0. The van der Waals surface area contributed by atoms with Gasteiger partial charge in [-0.2, -0.15) is 0 Å². The molecule has 0 amide bonds. The molecule has 3 nitrogen and oxygen atoms in total. The molecule has 0 heterocycles. The lowest BCUT2D eigenvalue weighted by molar-refractivity contribution is -0.105. The van der Waals surface area contributed by atoms with Gasteiger partial charge in [-0.05, 0) is 6.42 Å². The molecule has 0 aromatic carbocycles. The second kappa shape index (κ2) is 7.96. The fourth-order valence-electron chi connectivity index (χ4n) is 0.584. The van der Waals surface area contributed by atoms with Crippen LogP contribution < -0.4 is 0 Å². The number of hydrogen-bond acceptors (Lipinski definition) is 3. The van der Waals surface area contributed by atoms with E-state index < -0.39 is 7.80 Å². The zero-order chi connectivity index (χ0) is 8.53. The fourth-order valence-corrected chi connectivity index (χ4v) is 1.26. The maximum atomic E-state index is 10.8. The quantitative estimate of drug-likeness (QED) is 0.337. The number of hydrogen-bond donors (Lipinski definition) is 0. The van der Waals surface area contributed by atoms with Crippen LogP contribution in [0.1, 0.15) is 19.8 Å². The molecule has 1 unspecified atom stereocenters. The summed E-state index contributed by atoms with van der Waals surface area (Å²) in [7, 11) is -1.76. The molecular formula is C7H15O3P. The van der Waals surface area contributed by atoms with Crippen LogP contribution in [-0.4, -0.2) is 25.4 Å². The molecule has 0 N–H and O–H groups in total. The lowest BCUT2D eigenvalue weighted by Gasteiger charge is -1.99. The van der Waals surface area contributed by atoms with Gasteiger partial charge < -0.3 is 14.1 Å². The summed E-state index contributed by atoms with van der Waals surface area (Å²) in [6.45, 7) is 2.73. The number of unbranched alkanes of at least 4 members (excludes halogenated alkanes) is 1. The summed E-state index contributed by atoms with van der Waals surface area (Å²) in [6, 6.07) is 0. The van der Waals surface area contributed by atoms with Crippen molar-refractivity contribution < 1.29 is 14.1 Å². The van der Waals surface area contributed by atoms with Crippen molar-refractivity contribution in [3.63, 3.8) is 0 Å². The van der Waals surface area contributed by atoms with Gasteiger partial charge in [0, 0.05) is 6.61 Å². The third-order valence-corrected chi connectivity index (χ3v) is 2.36. The van der Waals surface area contributed by atoms with E-state index in [4.69, 9.17) is 4.74 Å². The van der Waals surface area contributed by atoms with Crippen LogP contribution in [0, 0.1) is 0 Å². The van der Waals surface area contributed by atoms with Gasteiger partial charge in [-0.25, -0.2) is 0 Å². The Hall–Kier alpha value is -0.140. The largest absolute Gasteiger partial charge is 0.374 e. The number of ether oxygens (including phenoxy) is 1. The normalized spacial score (nSPS) is 12.8. The average Bonchev–Trinajstić information content (AvgIpc) is 1.99. The molecule has 0 bridgehead atoms. The van der Waals surface area contributed by atoms with Gasteiger partial charge in [0.25, 0.3) is 0 Å². The highest BCUT2D eigenvalue weighted by molar-refractivity contribution is 7.45. The van der Waals surface area contributed by atoms with Crippen LogP contribution in [0.2, 0.25) is 0 Å². The molecule has 0 aromatic rings. The molecular weight excluding hydrogens is 163 g/mol. The van der Waals surface area contributed by atoms with Crippen molar-refractivity contribution in [1.82, 2.24) is 0 Å².